The molecule has 1 aromatic heterocycles. The summed E-state index contributed by atoms with van der Waals surface area (Å²) in [6.45, 7) is 0. The first kappa shape index (κ1) is 12.8. The zero-order chi connectivity index (χ0) is 13.1. The van der Waals surface area contributed by atoms with Crippen LogP contribution in [0.2, 0.25) is 10.0 Å². The van der Waals surface area contributed by atoms with Gasteiger partial charge in [-0.05, 0) is 29.8 Å². The lowest BCUT2D eigenvalue weighted by atomic mass is 10.0. The van der Waals surface area contributed by atoms with Gasteiger partial charge in [-0.1, -0.05) is 29.3 Å². The van der Waals surface area contributed by atoms with Gasteiger partial charge in [-0.3, -0.25) is 0 Å². The molecule has 0 spiro atoms. The largest absolute Gasteiger partial charge is 0.219 e. The number of nitrogens with zero attached hydrogens (tertiary/aromatic N) is 2. The van der Waals surface area contributed by atoms with Crippen molar-refractivity contribution < 1.29 is 4.39 Å². The van der Waals surface area contributed by atoms with Crippen molar-refractivity contribution in [3.05, 3.63) is 51.9 Å². The van der Waals surface area contributed by atoms with Gasteiger partial charge in [0.2, 0.25) is 5.95 Å². The smallest absolute Gasteiger partial charge is 0.213 e. The van der Waals surface area contributed by atoms with E-state index in [1.165, 1.54) is 12.1 Å². The van der Waals surface area contributed by atoms with Crippen molar-refractivity contribution in [3.63, 3.8) is 0 Å². The molecule has 2 rings (SSSR count). The van der Waals surface area contributed by atoms with Crippen LogP contribution in [0.15, 0.2) is 30.3 Å². The van der Waals surface area contributed by atoms with Crippen molar-refractivity contribution in [2.24, 2.45) is 0 Å². The molecule has 90 valence electrons. The molecule has 0 aliphatic rings. The third-order valence-electron chi connectivity index (χ3n) is 2.35. The number of pyridine rings is 1. The third-order valence-corrected chi connectivity index (χ3v) is 2.79. The van der Waals surface area contributed by atoms with E-state index in [4.69, 9.17) is 28.5 Å². The SMILES string of the molecule is N#CCc1ccc(F)nc1-c1cc(Cl)cc(Cl)c1. The van der Waals surface area contributed by atoms with Crippen molar-refractivity contribution >= 4 is 23.2 Å². The second kappa shape index (κ2) is 5.34. The van der Waals surface area contributed by atoms with Crippen molar-refractivity contribution in [1.29, 1.82) is 5.26 Å². The monoisotopic (exact) mass is 280 g/mol. The van der Waals surface area contributed by atoms with Gasteiger partial charge in [0.05, 0.1) is 18.2 Å². The molecule has 5 heteroatoms. The second-order valence-corrected chi connectivity index (χ2v) is 4.51. The van der Waals surface area contributed by atoms with E-state index in [9.17, 15) is 4.39 Å². The van der Waals surface area contributed by atoms with Crippen molar-refractivity contribution in [2.45, 2.75) is 6.42 Å². The van der Waals surface area contributed by atoms with Gasteiger partial charge < -0.3 is 0 Å². The van der Waals surface area contributed by atoms with Crippen molar-refractivity contribution in [1.82, 2.24) is 4.98 Å². The highest BCUT2D eigenvalue weighted by Crippen LogP contribution is 2.28. The molecule has 2 nitrogen and oxygen atoms in total. The van der Waals surface area contributed by atoms with Crippen LogP contribution in [-0.2, 0) is 6.42 Å². The van der Waals surface area contributed by atoms with Crippen LogP contribution in [0.5, 0.6) is 0 Å². The average Bonchev–Trinajstić information content (AvgIpc) is 2.30. The zero-order valence-electron chi connectivity index (χ0n) is 9.12. The van der Waals surface area contributed by atoms with Gasteiger partial charge in [0.1, 0.15) is 0 Å². The van der Waals surface area contributed by atoms with Gasteiger partial charge in [-0.15, -0.1) is 0 Å². The molecule has 0 radical (unpaired) electrons. The van der Waals surface area contributed by atoms with Crippen LogP contribution in [0.25, 0.3) is 11.3 Å². The lowest BCUT2D eigenvalue weighted by molar-refractivity contribution is 0.584. The average molecular weight is 281 g/mol. The van der Waals surface area contributed by atoms with E-state index in [0.717, 1.165) is 0 Å². The second-order valence-electron chi connectivity index (χ2n) is 3.63. The normalized spacial score (nSPS) is 10.1. The minimum absolute atomic E-state index is 0.146. The number of benzene rings is 1. The Labute approximate surface area is 114 Å². The summed E-state index contributed by atoms with van der Waals surface area (Å²) in [5.41, 5.74) is 1.62. The summed E-state index contributed by atoms with van der Waals surface area (Å²) >= 11 is 11.8. The Hall–Kier alpha value is -1.63. The van der Waals surface area contributed by atoms with E-state index >= 15 is 0 Å². The van der Waals surface area contributed by atoms with Gasteiger partial charge in [0.25, 0.3) is 0 Å². The van der Waals surface area contributed by atoms with E-state index in [1.807, 2.05) is 6.07 Å². The Bertz CT molecular complexity index is 615. The van der Waals surface area contributed by atoms with Crippen molar-refractivity contribution in [3.8, 4) is 17.3 Å². The molecule has 1 aromatic carbocycles. The molecule has 0 saturated heterocycles. The summed E-state index contributed by atoms with van der Waals surface area (Å²) < 4.78 is 13.2. The first-order chi connectivity index (χ1) is 8.60. The summed E-state index contributed by atoms with van der Waals surface area (Å²) in [4.78, 5) is 3.81. The summed E-state index contributed by atoms with van der Waals surface area (Å²) in [5.74, 6) is -0.609. The zero-order valence-corrected chi connectivity index (χ0v) is 10.6. The number of nitriles is 1. The standard InChI is InChI=1S/C13H7Cl2FN2/c14-10-5-9(6-11(15)7-10)13-8(3-4-17)1-2-12(16)18-13/h1-2,5-7H,3H2. The Balaban J connectivity index is 2.61. The van der Waals surface area contributed by atoms with E-state index in [1.54, 1.807) is 18.2 Å². The van der Waals surface area contributed by atoms with Crippen LogP contribution < -0.4 is 0 Å². The molecule has 0 aliphatic heterocycles. The predicted octanol–water partition coefficient (Wildman–Crippen LogP) is 4.26. The topological polar surface area (TPSA) is 36.7 Å². The van der Waals surface area contributed by atoms with Crippen LogP contribution in [-0.4, -0.2) is 4.98 Å². The van der Waals surface area contributed by atoms with Crippen LogP contribution >= 0.6 is 23.2 Å². The fourth-order valence-electron chi connectivity index (χ4n) is 1.63. The predicted molar refractivity (Wildman–Crippen MR) is 69.0 cm³/mol. The summed E-state index contributed by atoms with van der Waals surface area (Å²) in [6.07, 6.45) is 0.146. The minimum atomic E-state index is -0.609. The number of hydrogen-bond donors (Lipinski definition) is 0. The quantitative estimate of drug-likeness (QED) is 0.771. The molecule has 0 bridgehead atoms. The van der Waals surface area contributed by atoms with E-state index < -0.39 is 5.95 Å². The van der Waals surface area contributed by atoms with Crippen LogP contribution in [0.3, 0.4) is 0 Å². The Morgan fingerprint density at radius 1 is 1.17 bits per heavy atom. The van der Waals surface area contributed by atoms with Gasteiger partial charge in [-0.25, -0.2) is 4.98 Å². The number of rotatable bonds is 2. The fourth-order valence-corrected chi connectivity index (χ4v) is 2.16. The number of halogens is 3. The molecule has 0 amide bonds. The van der Waals surface area contributed by atoms with Crippen molar-refractivity contribution in [2.75, 3.05) is 0 Å². The van der Waals surface area contributed by atoms with Crippen LogP contribution in [0.4, 0.5) is 4.39 Å². The third kappa shape index (κ3) is 2.79. The maximum Gasteiger partial charge on any atom is 0.213 e. The fraction of sp³-hybridized carbons (Fsp3) is 0.0769. The lowest BCUT2D eigenvalue weighted by Gasteiger charge is -2.07. The minimum Gasteiger partial charge on any atom is -0.219 e. The van der Waals surface area contributed by atoms with Crippen LogP contribution in [0, 0.1) is 17.3 Å². The van der Waals surface area contributed by atoms with E-state index in [0.29, 0.717) is 26.9 Å². The highest BCUT2D eigenvalue weighted by Gasteiger charge is 2.10. The number of aromatic nitrogens is 1. The number of hydrogen-bond acceptors (Lipinski definition) is 2. The molecular weight excluding hydrogens is 274 g/mol. The lowest BCUT2D eigenvalue weighted by Crippen LogP contribution is -1.95. The molecule has 0 saturated carbocycles. The first-order valence-electron chi connectivity index (χ1n) is 5.09. The molecule has 0 aliphatic carbocycles. The Kier molecular flexibility index (Phi) is 3.81. The summed E-state index contributed by atoms with van der Waals surface area (Å²) in [7, 11) is 0. The Morgan fingerprint density at radius 2 is 1.83 bits per heavy atom. The molecule has 0 fully saturated rings. The molecule has 2 aromatic rings. The van der Waals surface area contributed by atoms with E-state index in [2.05, 4.69) is 4.98 Å². The summed E-state index contributed by atoms with van der Waals surface area (Å²) in [5, 5.41) is 9.62. The Morgan fingerprint density at radius 3 is 2.44 bits per heavy atom. The highest BCUT2D eigenvalue weighted by atomic mass is 35.5. The highest BCUT2D eigenvalue weighted by molar-refractivity contribution is 6.35. The first-order valence-corrected chi connectivity index (χ1v) is 5.84. The van der Waals surface area contributed by atoms with Crippen LogP contribution in [0.1, 0.15) is 5.56 Å². The summed E-state index contributed by atoms with van der Waals surface area (Å²) in [6, 6.07) is 9.63. The molecule has 0 atom stereocenters. The maximum atomic E-state index is 13.2. The van der Waals surface area contributed by atoms with Gasteiger partial charge in [-0.2, -0.15) is 9.65 Å². The van der Waals surface area contributed by atoms with Gasteiger partial charge in [0, 0.05) is 15.6 Å². The van der Waals surface area contributed by atoms with Gasteiger partial charge >= 0.3 is 0 Å². The molecular formula is C13H7Cl2FN2. The molecule has 1 heterocycles. The molecule has 0 N–H and O–H groups in total. The van der Waals surface area contributed by atoms with Gasteiger partial charge in [0.15, 0.2) is 0 Å². The van der Waals surface area contributed by atoms with E-state index in [-0.39, 0.29) is 6.42 Å². The molecule has 18 heavy (non-hydrogen) atoms. The maximum absolute atomic E-state index is 13.2. The molecule has 0 unspecified atom stereocenters.